The molecule has 8 heteroatoms. The van der Waals surface area contributed by atoms with E-state index in [9.17, 15) is 22.8 Å². The van der Waals surface area contributed by atoms with Gasteiger partial charge in [0.2, 0.25) is 0 Å². The minimum absolute atomic E-state index is 0.0144. The highest BCUT2D eigenvalue weighted by atomic mass is 19.4. The van der Waals surface area contributed by atoms with Crippen molar-refractivity contribution in [3.8, 4) is 0 Å². The van der Waals surface area contributed by atoms with Gasteiger partial charge in [-0.1, -0.05) is 6.92 Å². The molecule has 0 aliphatic heterocycles. The maximum absolute atomic E-state index is 12.5. The van der Waals surface area contributed by atoms with Crippen molar-refractivity contribution in [3.63, 3.8) is 0 Å². The highest BCUT2D eigenvalue weighted by Gasteiger charge is 2.34. The van der Waals surface area contributed by atoms with Crippen LogP contribution in [0.25, 0.3) is 0 Å². The van der Waals surface area contributed by atoms with Crippen LogP contribution in [0.1, 0.15) is 40.0 Å². The lowest BCUT2D eigenvalue weighted by Crippen LogP contribution is -2.50. The molecule has 0 aromatic heterocycles. The molecule has 0 aromatic rings. The Bertz CT molecular complexity index is 346. The molecule has 0 bridgehead atoms. The number of nitrogens with zero attached hydrogens (tertiary/aromatic N) is 2. The first-order valence-electron chi connectivity index (χ1n) is 6.92. The van der Waals surface area contributed by atoms with Crippen LogP contribution >= 0.6 is 0 Å². The van der Waals surface area contributed by atoms with Gasteiger partial charge in [-0.25, -0.2) is 4.79 Å². The molecular weight excluding hydrogens is 289 g/mol. The molecule has 0 atom stereocenters. The van der Waals surface area contributed by atoms with Crippen LogP contribution in [-0.4, -0.2) is 58.8 Å². The van der Waals surface area contributed by atoms with E-state index in [-0.39, 0.29) is 32.0 Å². The fourth-order valence-corrected chi connectivity index (χ4v) is 1.89. The van der Waals surface area contributed by atoms with Crippen LogP contribution in [0.15, 0.2) is 0 Å². The number of hydrogen-bond donors (Lipinski definition) is 1. The Morgan fingerprint density at radius 2 is 1.76 bits per heavy atom. The maximum Gasteiger partial charge on any atom is 0.406 e. The van der Waals surface area contributed by atoms with Crippen LogP contribution in [0.3, 0.4) is 0 Å². The molecule has 0 aliphatic carbocycles. The predicted molar refractivity (Wildman–Crippen MR) is 72.0 cm³/mol. The van der Waals surface area contributed by atoms with Crippen molar-refractivity contribution in [2.45, 2.75) is 52.3 Å². The van der Waals surface area contributed by atoms with E-state index in [2.05, 4.69) is 0 Å². The lowest BCUT2D eigenvalue weighted by atomic mass is 10.2. The van der Waals surface area contributed by atoms with Crippen LogP contribution in [0.2, 0.25) is 0 Å². The van der Waals surface area contributed by atoms with Gasteiger partial charge in [0.1, 0.15) is 6.54 Å². The standard InChI is InChI=1S/C13H23F3N2O3/c1-4-7-17(9-13(14,15)16)12(21)18(10(2)3)8-5-6-11(19)20/h10H,4-9H2,1-3H3,(H,19,20). The minimum atomic E-state index is -4.45. The number of carboxylic acid groups (broad SMARTS) is 1. The van der Waals surface area contributed by atoms with Gasteiger partial charge >= 0.3 is 18.2 Å². The molecule has 0 saturated carbocycles. The molecule has 0 rings (SSSR count). The maximum atomic E-state index is 12.5. The molecule has 21 heavy (non-hydrogen) atoms. The van der Waals surface area contributed by atoms with Crippen molar-refractivity contribution in [2.24, 2.45) is 0 Å². The molecule has 0 aliphatic rings. The number of urea groups is 1. The molecule has 124 valence electrons. The zero-order valence-electron chi connectivity index (χ0n) is 12.6. The number of carbonyl (C=O) groups excluding carboxylic acids is 1. The van der Waals surface area contributed by atoms with E-state index in [1.165, 1.54) is 4.90 Å². The number of alkyl halides is 3. The number of rotatable bonds is 8. The van der Waals surface area contributed by atoms with Gasteiger partial charge in [-0.3, -0.25) is 4.79 Å². The first kappa shape index (κ1) is 19.5. The quantitative estimate of drug-likeness (QED) is 0.749. The second-order valence-electron chi connectivity index (χ2n) is 5.10. The summed E-state index contributed by atoms with van der Waals surface area (Å²) in [6.07, 6.45) is -3.94. The summed E-state index contributed by atoms with van der Waals surface area (Å²) in [6.45, 7) is 3.93. The fraction of sp³-hybridized carbons (Fsp3) is 0.846. The number of hydrogen-bond acceptors (Lipinski definition) is 2. The summed E-state index contributed by atoms with van der Waals surface area (Å²) in [6, 6.07) is -0.992. The van der Waals surface area contributed by atoms with Crippen molar-refractivity contribution in [1.82, 2.24) is 9.80 Å². The zero-order valence-corrected chi connectivity index (χ0v) is 12.6. The number of amides is 2. The summed E-state index contributed by atoms with van der Waals surface area (Å²) in [5, 5.41) is 8.59. The molecule has 0 radical (unpaired) electrons. The number of halogens is 3. The normalized spacial score (nSPS) is 11.6. The van der Waals surface area contributed by atoms with Crippen LogP contribution < -0.4 is 0 Å². The smallest absolute Gasteiger partial charge is 0.406 e. The van der Waals surface area contributed by atoms with Gasteiger partial charge in [0.15, 0.2) is 0 Å². The van der Waals surface area contributed by atoms with Gasteiger partial charge in [-0.15, -0.1) is 0 Å². The van der Waals surface area contributed by atoms with E-state index < -0.39 is 24.7 Å². The van der Waals surface area contributed by atoms with Gasteiger partial charge < -0.3 is 14.9 Å². The Balaban J connectivity index is 4.83. The summed E-state index contributed by atoms with van der Waals surface area (Å²) in [7, 11) is 0. The van der Waals surface area contributed by atoms with Gasteiger partial charge in [-0.05, 0) is 26.7 Å². The molecule has 0 heterocycles. The van der Waals surface area contributed by atoms with E-state index >= 15 is 0 Å². The molecule has 1 N–H and O–H groups in total. The van der Waals surface area contributed by atoms with Gasteiger partial charge in [-0.2, -0.15) is 13.2 Å². The number of aliphatic carboxylic acids is 1. The minimum Gasteiger partial charge on any atom is -0.481 e. The van der Waals surface area contributed by atoms with Crippen molar-refractivity contribution in [2.75, 3.05) is 19.6 Å². The summed E-state index contributed by atoms with van der Waals surface area (Å²) < 4.78 is 37.6. The average molecular weight is 312 g/mol. The van der Waals surface area contributed by atoms with Crippen LogP contribution in [0.4, 0.5) is 18.0 Å². The summed E-state index contributed by atoms with van der Waals surface area (Å²) >= 11 is 0. The van der Waals surface area contributed by atoms with Crippen molar-refractivity contribution >= 4 is 12.0 Å². The highest BCUT2D eigenvalue weighted by molar-refractivity contribution is 5.75. The van der Waals surface area contributed by atoms with Crippen LogP contribution in [-0.2, 0) is 4.79 Å². The Kier molecular flexibility index (Phi) is 8.12. The Morgan fingerprint density at radius 1 is 1.19 bits per heavy atom. The van der Waals surface area contributed by atoms with E-state index in [0.29, 0.717) is 6.42 Å². The summed E-state index contributed by atoms with van der Waals surface area (Å²) in [5.41, 5.74) is 0. The molecule has 0 fully saturated rings. The van der Waals surface area contributed by atoms with Gasteiger partial charge in [0.05, 0.1) is 0 Å². The van der Waals surface area contributed by atoms with Gasteiger partial charge in [0, 0.05) is 25.6 Å². The van der Waals surface area contributed by atoms with E-state index in [4.69, 9.17) is 5.11 Å². The summed E-state index contributed by atoms with van der Waals surface area (Å²) in [4.78, 5) is 24.8. The topological polar surface area (TPSA) is 60.9 Å². The molecular formula is C13H23F3N2O3. The second kappa shape index (κ2) is 8.74. The molecule has 0 spiro atoms. The third kappa shape index (κ3) is 8.41. The van der Waals surface area contributed by atoms with Crippen molar-refractivity contribution in [1.29, 1.82) is 0 Å². The van der Waals surface area contributed by atoms with Crippen LogP contribution in [0.5, 0.6) is 0 Å². The fourth-order valence-electron chi connectivity index (χ4n) is 1.89. The molecule has 5 nitrogen and oxygen atoms in total. The van der Waals surface area contributed by atoms with Gasteiger partial charge in [0.25, 0.3) is 0 Å². The SMILES string of the molecule is CCCN(CC(F)(F)F)C(=O)N(CCCC(=O)O)C(C)C. The number of carboxylic acids is 1. The Labute approximate surface area is 122 Å². The second-order valence-corrected chi connectivity index (χ2v) is 5.10. The molecule has 0 unspecified atom stereocenters. The van der Waals surface area contributed by atoms with E-state index in [0.717, 1.165) is 4.90 Å². The third-order valence-electron chi connectivity index (χ3n) is 2.79. The largest absolute Gasteiger partial charge is 0.481 e. The Morgan fingerprint density at radius 3 is 2.14 bits per heavy atom. The third-order valence-corrected chi connectivity index (χ3v) is 2.79. The van der Waals surface area contributed by atoms with Crippen molar-refractivity contribution < 1.29 is 27.9 Å². The molecule has 0 saturated heterocycles. The first-order valence-corrected chi connectivity index (χ1v) is 6.92. The van der Waals surface area contributed by atoms with Crippen molar-refractivity contribution in [3.05, 3.63) is 0 Å². The monoisotopic (exact) mass is 312 g/mol. The first-order chi connectivity index (χ1) is 9.58. The molecule has 2 amide bonds. The van der Waals surface area contributed by atoms with E-state index in [1.807, 2.05) is 0 Å². The zero-order chi connectivity index (χ0) is 16.6. The number of carbonyl (C=O) groups is 2. The summed E-state index contributed by atoms with van der Waals surface area (Å²) in [5.74, 6) is -0.994. The predicted octanol–water partition coefficient (Wildman–Crippen LogP) is 2.96. The van der Waals surface area contributed by atoms with E-state index in [1.54, 1.807) is 20.8 Å². The molecule has 0 aromatic carbocycles. The van der Waals surface area contributed by atoms with Crippen LogP contribution in [0, 0.1) is 0 Å². The lowest BCUT2D eigenvalue weighted by Gasteiger charge is -2.33. The highest BCUT2D eigenvalue weighted by Crippen LogP contribution is 2.18. The Hall–Kier alpha value is -1.47. The average Bonchev–Trinajstić information content (AvgIpc) is 2.31. The lowest BCUT2D eigenvalue weighted by molar-refractivity contribution is -0.141.